The smallest absolute Gasteiger partial charge is 0.323 e. The number of benzene rings is 3. The number of methoxy groups -OCH3 is 4. The Balaban J connectivity index is 1.66. The standard InChI is InChI=1S/C28H27N3O6/c1-33-21-10-8-20(9-11-21)30-28(32)31-23-12-7-18(19-6-5-13-29-17-19)14-24(23)37-22-15-25(34-2)27(36-4)26(16-22)35-3/h5-17H,1-4H3,(H2,30,31,32). The third-order valence-electron chi connectivity index (χ3n) is 5.44. The van der Waals surface area contributed by atoms with E-state index < -0.39 is 6.03 Å². The lowest BCUT2D eigenvalue weighted by Gasteiger charge is -2.17. The van der Waals surface area contributed by atoms with Gasteiger partial charge in [-0.15, -0.1) is 0 Å². The quantitative estimate of drug-likeness (QED) is 0.281. The van der Waals surface area contributed by atoms with E-state index in [1.54, 1.807) is 62.0 Å². The van der Waals surface area contributed by atoms with Crippen LogP contribution < -0.4 is 34.3 Å². The SMILES string of the molecule is COc1ccc(NC(=O)Nc2ccc(-c3cccnc3)cc2Oc2cc(OC)c(OC)c(OC)c2)cc1. The van der Waals surface area contributed by atoms with E-state index in [9.17, 15) is 4.79 Å². The van der Waals surface area contributed by atoms with E-state index in [1.807, 2.05) is 24.3 Å². The minimum Gasteiger partial charge on any atom is -0.497 e. The number of rotatable bonds is 9. The van der Waals surface area contributed by atoms with Crippen LogP contribution in [0.2, 0.25) is 0 Å². The number of amides is 2. The van der Waals surface area contributed by atoms with Crippen molar-refractivity contribution >= 4 is 17.4 Å². The van der Waals surface area contributed by atoms with Gasteiger partial charge in [0.1, 0.15) is 11.5 Å². The lowest BCUT2D eigenvalue weighted by molar-refractivity contribution is 0.262. The Morgan fingerprint density at radius 2 is 1.43 bits per heavy atom. The minimum absolute atomic E-state index is 0.403. The summed E-state index contributed by atoms with van der Waals surface area (Å²) in [6, 6.07) is 19.2. The molecule has 190 valence electrons. The van der Waals surface area contributed by atoms with Crippen LogP contribution in [-0.4, -0.2) is 39.5 Å². The summed E-state index contributed by atoms with van der Waals surface area (Å²) in [5.41, 5.74) is 2.81. The molecule has 9 heteroatoms. The van der Waals surface area contributed by atoms with Crippen LogP contribution in [-0.2, 0) is 0 Å². The molecule has 0 spiro atoms. The molecule has 0 saturated carbocycles. The third kappa shape index (κ3) is 6.02. The summed E-state index contributed by atoms with van der Waals surface area (Å²) in [5, 5.41) is 5.66. The van der Waals surface area contributed by atoms with E-state index in [2.05, 4.69) is 15.6 Å². The molecule has 0 fully saturated rings. The third-order valence-corrected chi connectivity index (χ3v) is 5.44. The largest absolute Gasteiger partial charge is 0.497 e. The molecule has 0 radical (unpaired) electrons. The Morgan fingerprint density at radius 1 is 0.703 bits per heavy atom. The van der Waals surface area contributed by atoms with Crippen molar-refractivity contribution < 1.29 is 28.5 Å². The number of anilines is 2. The molecule has 0 aliphatic rings. The molecule has 2 amide bonds. The van der Waals surface area contributed by atoms with Gasteiger partial charge in [0.2, 0.25) is 5.75 Å². The number of hydrogen-bond donors (Lipinski definition) is 2. The van der Waals surface area contributed by atoms with Gasteiger partial charge in [-0.3, -0.25) is 4.98 Å². The first-order chi connectivity index (χ1) is 18.0. The van der Waals surface area contributed by atoms with Crippen molar-refractivity contribution in [2.24, 2.45) is 0 Å². The molecular weight excluding hydrogens is 474 g/mol. The first-order valence-electron chi connectivity index (χ1n) is 11.3. The summed E-state index contributed by atoms with van der Waals surface area (Å²) >= 11 is 0. The van der Waals surface area contributed by atoms with Gasteiger partial charge in [-0.05, 0) is 48.0 Å². The molecule has 0 aliphatic heterocycles. The summed E-state index contributed by atoms with van der Waals surface area (Å²) in [4.78, 5) is 17.0. The highest BCUT2D eigenvalue weighted by molar-refractivity contribution is 6.01. The summed E-state index contributed by atoms with van der Waals surface area (Å²) in [6.07, 6.45) is 3.46. The lowest BCUT2D eigenvalue weighted by atomic mass is 10.1. The van der Waals surface area contributed by atoms with Gasteiger partial charge >= 0.3 is 6.03 Å². The highest BCUT2D eigenvalue weighted by Gasteiger charge is 2.17. The van der Waals surface area contributed by atoms with Crippen molar-refractivity contribution in [3.63, 3.8) is 0 Å². The maximum Gasteiger partial charge on any atom is 0.323 e. The highest BCUT2D eigenvalue weighted by atomic mass is 16.5. The summed E-state index contributed by atoms with van der Waals surface area (Å²) in [7, 11) is 6.17. The van der Waals surface area contributed by atoms with E-state index in [1.165, 1.54) is 21.3 Å². The fourth-order valence-corrected chi connectivity index (χ4v) is 3.63. The number of pyridine rings is 1. The predicted molar refractivity (Wildman–Crippen MR) is 141 cm³/mol. The molecule has 0 atom stereocenters. The monoisotopic (exact) mass is 501 g/mol. The van der Waals surface area contributed by atoms with Gasteiger partial charge in [0.05, 0.1) is 34.1 Å². The maximum atomic E-state index is 12.8. The van der Waals surface area contributed by atoms with Crippen molar-refractivity contribution in [3.05, 3.63) is 79.1 Å². The van der Waals surface area contributed by atoms with E-state index >= 15 is 0 Å². The molecule has 1 heterocycles. The van der Waals surface area contributed by atoms with Gasteiger partial charge in [-0.2, -0.15) is 0 Å². The molecule has 3 aromatic carbocycles. The molecule has 9 nitrogen and oxygen atoms in total. The van der Waals surface area contributed by atoms with E-state index in [0.717, 1.165) is 11.1 Å². The van der Waals surface area contributed by atoms with E-state index in [4.69, 9.17) is 23.7 Å². The Bertz CT molecular complexity index is 1340. The molecule has 37 heavy (non-hydrogen) atoms. The fourth-order valence-electron chi connectivity index (χ4n) is 3.63. The van der Waals surface area contributed by atoms with Crippen molar-refractivity contribution in [3.8, 4) is 45.6 Å². The molecule has 0 saturated heterocycles. The first-order valence-corrected chi connectivity index (χ1v) is 11.3. The lowest BCUT2D eigenvalue weighted by Crippen LogP contribution is -2.19. The van der Waals surface area contributed by atoms with Gasteiger partial charge in [0, 0.05) is 35.8 Å². The van der Waals surface area contributed by atoms with Crippen LogP contribution in [0.3, 0.4) is 0 Å². The number of nitrogens with zero attached hydrogens (tertiary/aromatic N) is 1. The van der Waals surface area contributed by atoms with Crippen LogP contribution in [0.1, 0.15) is 0 Å². The zero-order valence-electron chi connectivity index (χ0n) is 20.9. The molecule has 2 N–H and O–H groups in total. The zero-order valence-corrected chi connectivity index (χ0v) is 20.9. The molecule has 1 aromatic heterocycles. The van der Waals surface area contributed by atoms with Crippen LogP contribution in [0.4, 0.5) is 16.2 Å². The van der Waals surface area contributed by atoms with Crippen LogP contribution in [0.25, 0.3) is 11.1 Å². The molecule has 0 bridgehead atoms. The van der Waals surface area contributed by atoms with Crippen LogP contribution in [0.5, 0.6) is 34.5 Å². The Morgan fingerprint density at radius 3 is 2.03 bits per heavy atom. The van der Waals surface area contributed by atoms with Gasteiger partial charge < -0.3 is 34.3 Å². The zero-order chi connectivity index (χ0) is 26.2. The average molecular weight is 502 g/mol. The number of aromatic nitrogens is 1. The van der Waals surface area contributed by atoms with Crippen molar-refractivity contribution in [1.29, 1.82) is 0 Å². The topological polar surface area (TPSA) is 100 Å². The number of urea groups is 1. The van der Waals surface area contributed by atoms with Crippen molar-refractivity contribution in [1.82, 2.24) is 4.98 Å². The number of nitrogens with one attached hydrogen (secondary N) is 2. The molecule has 0 aliphatic carbocycles. The second-order valence-corrected chi connectivity index (χ2v) is 7.72. The molecule has 4 aromatic rings. The molecular formula is C28H27N3O6. The van der Waals surface area contributed by atoms with Crippen LogP contribution in [0.15, 0.2) is 79.1 Å². The Labute approximate surface area is 214 Å². The van der Waals surface area contributed by atoms with Crippen molar-refractivity contribution in [2.75, 3.05) is 39.1 Å². The maximum absolute atomic E-state index is 12.8. The summed E-state index contributed by atoms with van der Waals surface area (Å²) < 4.78 is 27.7. The van der Waals surface area contributed by atoms with Gasteiger partial charge in [0.15, 0.2) is 17.2 Å². The van der Waals surface area contributed by atoms with E-state index in [-0.39, 0.29) is 0 Å². The number of ether oxygens (including phenoxy) is 5. The summed E-state index contributed by atoms with van der Waals surface area (Å²) in [5.74, 6) is 2.84. The molecule has 4 rings (SSSR count). The normalized spacial score (nSPS) is 10.3. The second kappa shape index (κ2) is 11.7. The number of carbonyl (C=O) groups is 1. The number of carbonyl (C=O) groups excluding carboxylic acids is 1. The highest BCUT2D eigenvalue weighted by Crippen LogP contribution is 2.43. The van der Waals surface area contributed by atoms with Crippen LogP contribution in [0, 0.1) is 0 Å². The predicted octanol–water partition coefficient (Wildman–Crippen LogP) is 6.22. The second-order valence-electron chi connectivity index (χ2n) is 7.72. The van der Waals surface area contributed by atoms with Gasteiger partial charge in [0.25, 0.3) is 0 Å². The fraction of sp³-hybridized carbons (Fsp3) is 0.143. The minimum atomic E-state index is -0.436. The van der Waals surface area contributed by atoms with E-state index in [0.29, 0.717) is 45.9 Å². The number of hydrogen-bond acceptors (Lipinski definition) is 7. The average Bonchev–Trinajstić information content (AvgIpc) is 2.94. The van der Waals surface area contributed by atoms with Gasteiger partial charge in [-0.1, -0.05) is 12.1 Å². The van der Waals surface area contributed by atoms with Crippen molar-refractivity contribution in [2.45, 2.75) is 0 Å². The summed E-state index contributed by atoms with van der Waals surface area (Å²) in [6.45, 7) is 0. The van der Waals surface area contributed by atoms with Crippen LogP contribution >= 0.6 is 0 Å². The van der Waals surface area contributed by atoms with Gasteiger partial charge in [-0.25, -0.2) is 4.79 Å². The first kappa shape index (κ1) is 25.2. The Kier molecular flexibility index (Phi) is 7.95. The Hall–Kier alpha value is -4.92. The molecule has 0 unspecified atom stereocenters.